The van der Waals surface area contributed by atoms with Crippen molar-refractivity contribution in [3.05, 3.63) is 0 Å². The third-order valence-electron chi connectivity index (χ3n) is 5.59. The highest BCUT2D eigenvalue weighted by Crippen LogP contribution is 2.30. The van der Waals surface area contributed by atoms with Gasteiger partial charge in [-0.1, -0.05) is 20.8 Å². The first kappa shape index (κ1) is 29.4. The summed E-state index contributed by atoms with van der Waals surface area (Å²) in [4.78, 5) is 74.8. The summed E-state index contributed by atoms with van der Waals surface area (Å²) in [5, 5.41) is 7.42. The van der Waals surface area contributed by atoms with Gasteiger partial charge in [0, 0.05) is 13.0 Å². The number of ketones is 1. The molecule has 1 heterocycles. The lowest BCUT2D eigenvalue weighted by Gasteiger charge is -2.36. The normalized spacial score (nSPS) is 18.6. The summed E-state index contributed by atoms with van der Waals surface area (Å²) in [7, 11) is 1.19. The van der Waals surface area contributed by atoms with Gasteiger partial charge in [0.1, 0.15) is 17.6 Å². The van der Waals surface area contributed by atoms with Gasteiger partial charge in [-0.05, 0) is 31.6 Å². The van der Waals surface area contributed by atoms with E-state index in [1.807, 2.05) is 0 Å². The molecular formula is C23H35N5O7. The molecule has 0 radical (unpaired) electrons. The van der Waals surface area contributed by atoms with Crippen molar-refractivity contribution in [2.24, 2.45) is 17.1 Å². The molecule has 0 unspecified atom stereocenters. The molecule has 3 atom stereocenters. The highest BCUT2D eigenvalue weighted by atomic mass is 16.5. The summed E-state index contributed by atoms with van der Waals surface area (Å²) < 4.78 is 4.68. The van der Waals surface area contributed by atoms with E-state index in [0.29, 0.717) is 6.42 Å². The molecule has 1 rings (SSSR count). The van der Waals surface area contributed by atoms with Crippen molar-refractivity contribution in [1.29, 1.82) is 0 Å². The number of carbonyl (C=O) groups excluding carboxylic acids is 6. The molecule has 0 aromatic heterocycles. The van der Waals surface area contributed by atoms with Gasteiger partial charge in [0.2, 0.25) is 17.6 Å². The molecule has 0 aromatic carbocycles. The van der Waals surface area contributed by atoms with E-state index in [1.54, 1.807) is 20.8 Å². The lowest BCUT2D eigenvalue weighted by Crippen LogP contribution is -2.62. The average Bonchev–Trinajstić information content (AvgIpc) is 3.17. The van der Waals surface area contributed by atoms with Crippen LogP contribution in [0.2, 0.25) is 0 Å². The fraction of sp³-hybridized carbons (Fsp3) is 0.652. The van der Waals surface area contributed by atoms with Crippen LogP contribution in [0.15, 0.2) is 0 Å². The molecule has 194 valence electrons. The molecule has 1 aliphatic heterocycles. The Labute approximate surface area is 205 Å². The maximum absolute atomic E-state index is 13.6. The minimum atomic E-state index is -1.36. The van der Waals surface area contributed by atoms with Gasteiger partial charge in [0.15, 0.2) is 0 Å². The molecule has 35 heavy (non-hydrogen) atoms. The third-order valence-corrected chi connectivity index (χ3v) is 5.59. The number of Topliss-reactive ketones (excluding diaryl/α,β-unsaturated/α-hetero) is 1. The number of urea groups is 1. The number of esters is 1. The van der Waals surface area contributed by atoms with Gasteiger partial charge in [-0.15, -0.1) is 12.3 Å². The van der Waals surface area contributed by atoms with Crippen LogP contribution in [0.1, 0.15) is 47.5 Å². The van der Waals surface area contributed by atoms with Gasteiger partial charge in [-0.3, -0.25) is 19.2 Å². The number of hydrogen-bond acceptors (Lipinski definition) is 7. The molecule has 12 heteroatoms. The van der Waals surface area contributed by atoms with E-state index in [9.17, 15) is 28.8 Å². The molecule has 1 saturated heterocycles. The summed E-state index contributed by atoms with van der Waals surface area (Å²) in [5.41, 5.74) is 2.78. The Bertz CT molecular complexity index is 916. The monoisotopic (exact) mass is 493 g/mol. The number of likely N-dealkylation sites (tertiary alicyclic amines) is 1. The second-order valence-electron chi connectivity index (χ2n) is 10.0. The molecular weight excluding hydrogens is 458 g/mol. The topological polar surface area (TPSA) is 177 Å². The average molecular weight is 494 g/mol. The van der Waals surface area contributed by atoms with Crippen molar-refractivity contribution in [2.45, 2.75) is 65.1 Å². The van der Waals surface area contributed by atoms with Crippen molar-refractivity contribution in [2.75, 3.05) is 20.2 Å². The summed E-state index contributed by atoms with van der Waals surface area (Å²) in [6, 6.07) is -2.83. The molecule has 12 nitrogen and oxygen atoms in total. The number of rotatable bonds is 9. The number of nitrogens with zero attached hydrogens (tertiary/aromatic N) is 1. The Kier molecular flexibility index (Phi) is 9.82. The fourth-order valence-corrected chi connectivity index (χ4v) is 3.67. The smallest absolute Gasteiger partial charge is 0.331 e. The number of nitrogens with two attached hydrogens (primary N) is 1. The Morgan fingerprint density at radius 1 is 1.14 bits per heavy atom. The maximum atomic E-state index is 13.6. The predicted octanol–water partition coefficient (Wildman–Crippen LogP) is -0.937. The number of terminal acetylenes is 1. The van der Waals surface area contributed by atoms with Crippen molar-refractivity contribution in [1.82, 2.24) is 20.9 Å². The molecule has 5 amide bonds. The zero-order chi connectivity index (χ0) is 27.1. The van der Waals surface area contributed by atoms with Gasteiger partial charge < -0.3 is 31.3 Å². The van der Waals surface area contributed by atoms with E-state index in [4.69, 9.17) is 12.2 Å². The number of carbonyl (C=O) groups is 6. The summed E-state index contributed by atoms with van der Waals surface area (Å²) >= 11 is 0. The molecule has 5 N–H and O–H groups in total. The predicted molar refractivity (Wildman–Crippen MR) is 125 cm³/mol. The number of methoxy groups -OCH3 is 1. The van der Waals surface area contributed by atoms with Gasteiger partial charge in [0.05, 0.1) is 13.7 Å². The van der Waals surface area contributed by atoms with E-state index >= 15 is 0 Å². The van der Waals surface area contributed by atoms with Crippen LogP contribution >= 0.6 is 0 Å². The minimum absolute atomic E-state index is 0.161. The Morgan fingerprint density at radius 3 is 2.23 bits per heavy atom. The quantitative estimate of drug-likeness (QED) is 0.182. The Balaban J connectivity index is 3.14. The number of hydrogen-bond donors (Lipinski definition) is 4. The van der Waals surface area contributed by atoms with Gasteiger partial charge in [-0.25, -0.2) is 9.59 Å². The number of nitrogens with one attached hydrogen (secondary N) is 3. The van der Waals surface area contributed by atoms with E-state index in [-0.39, 0.29) is 18.9 Å². The molecule has 1 aliphatic rings. The molecule has 0 aliphatic carbocycles. The second kappa shape index (κ2) is 11.7. The van der Waals surface area contributed by atoms with E-state index in [0.717, 1.165) is 0 Å². The number of primary amides is 1. The Hall–Kier alpha value is -3.62. The van der Waals surface area contributed by atoms with Crippen LogP contribution in [0.5, 0.6) is 0 Å². The number of amides is 5. The van der Waals surface area contributed by atoms with E-state index in [2.05, 4.69) is 26.6 Å². The van der Waals surface area contributed by atoms with Gasteiger partial charge >= 0.3 is 12.0 Å². The Morgan fingerprint density at radius 2 is 1.74 bits per heavy atom. The SMILES string of the molecule is C#CC[C@@H]1C[C@@H](C(=O)NCC(=O)C(N)=O)N(C(=O)[C@@H](NC(=O)NC(C)(C)C(=O)OC)C(C)(C)C)C1. The van der Waals surface area contributed by atoms with Gasteiger partial charge in [-0.2, -0.15) is 0 Å². The third kappa shape index (κ3) is 7.98. The van der Waals surface area contributed by atoms with Crippen LogP contribution in [0.25, 0.3) is 0 Å². The highest BCUT2D eigenvalue weighted by Gasteiger charge is 2.45. The summed E-state index contributed by atoms with van der Waals surface area (Å²) in [6.07, 6.45) is 5.98. The van der Waals surface area contributed by atoms with Crippen molar-refractivity contribution in [3.8, 4) is 12.3 Å². The first-order valence-electron chi connectivity index (χ1n) is 11.1. The van der Waals surface area contributed by atoms with E-state index in [1.165, 1.54) is 25.9 Å². The minimum Gasteiger partial charge on any atom is -0.467 e. The summed E-state index contributed by atoms with van der Waals surface area (Å²) in [5.74, 6) is -1.68. The fourth-order valence-electron chi connectivity index (χ4n) is 3.67. The first-order chi connectivity index (χ1) is 16.0. The zero-order valence-corrected chi connectivity index (χ0v) is 21.0. The second-order valence-corrected chi connectivity index (χ2v) is 10.0. The summed E-state index contributed by atoms with van der Waals surface area (Å²) in [6.45, 7) is 7.66. The van der Waals surface area contributed by atoms with Crippen LogP contribution in [-0.4, -0.2) is 78.2 Å². The van der Waals surface area contributed by atoms with Crippen LogP contribution in [-0.2, 0) is 28.7 Å². The zero-order valence-electron chi connectivity index (χ0n) is 21.0. The molecule has 0 aromatic rings. The lowest BCUT2D eigenvalue weighted by molar-refractivity contribution is -0.146. The first-order valence-corrected chi connectivity index (χ1v) is 11.1. The van der Waals surface area contributed by atoms with Crippen LogP contribution in [0, 0.1) is 23.7 Å². The molecule has 0 spiro atoms. The molecule has 0 saturated carbocycles. The van der Waals surface area contributed by atoms with E-state index < -0.39 is 65.1 Å². The molecule has 1 fully saturated rings. The van der Waals surface area contributed by atoms with Crippen LogP contribution < -0.4 is 21.7 Å². The largest absolute Gasteiger partial charge is 0.467 e. The standard InChI is InChI=1S/C23H35N5O7/c1-8-9-13-10-14(18(31)25-11-15(29)17(24)30)28(12-13)19(32)16(22(2,3)4)26-21(34)27-23(5,6)20(33)35-7/h1,13-14,16H,9-12H2,2-7H3,(H2,24,30)(H,25,31)(H2,26,27,34)/t13-,14+,16-/m1/s1. The van der Waals surface area contributed by atoms with Crippen LogP contribution in [0.4, 0.5) is 4.79 Å². The van der Waals surface area contributed by atoms with Crippen molar-refractivity contribution < 1.29 is 33.5 Å². The maximum Gasteiger partial charge on any atom is 0.331 e. The van der Waals surface area contributed by atoms with Crippen molar-refractivity contribution >= 4 is 35.5 Å². The number of ether oxygens (including phenoxy) is 1. The van der Waals surface area contributed by atoms with Crippen molar-refractivity contribution in [3.63, 3.8) is 0 Å². The lowest BCUT2D eigenvalue weighted by atomic mass is 9.85. The highest BCUT2D eigenvalue weighted by molar-refractivity contribution is 6.36. The van der Waals surface area contributed by atoms with Gasteiger partial charge in [0.25, 0.3) is 5.91 Å². The van der Waals surface area contributed by atoms with Crippen LogP contribution in [0.3, 0.4) is 0 Å². The molecule has 0 bridgehead atoms.